The molecule has 0 radical (unpaired) electrons. The van der Waals surface area contributed by atoms with Crippen molar-refractivity contribution in [2.45, 2.75) is 66.1 Å². The Morgan fingerprint density at radius 2 is 1.71 bits per heavy atom. The molecule has 0 fully saturated rings. The number of rotatable bonds is 3. The van der Waals surface area contributed by atoms with Crippen LogP contribution in [0.5, 0.6) is 0 Å². The summed E-state index contributed by atoms with van der Waals surface area (Å²) in [5.74, 6) is 0.816. The van der Waals surface area contributed by atoms with E-state index in [1.807, 2.05) is 39.5 Å². The highest BCUT2D eigenvalue weighted by atomic mass is 32.2. The normalized spacial score (nSPS) is 23.3. The van der Waals surface area contributed by atoms with Crippen LogP contribution in [-0.4, -0.2) is 5.25 Å². The Kier molecular flexibility index (Phi) is 15.4. The topological polar surface area (TPSA) is 0 Å². The molecule has 0 saturated heterocycles. The molecule has 0 aromatic carbocycles. The van der Waals surface area contributed by atoms with Crippen LogP contribution in [0.3, 0.4) is 0 Å². The largest absolute Gasteiger partial charge is 0.130 e. The van der Waals surface area contributed by atoms with Crippen molar-refractivity contribution in [2.75, 3.05) is 0 Å². The summed E-state index contributed by atoms with van der Waals surface area (Å²) in [5.41, 5.74) is 0. The van der Waals surface area contributed by atoms with Crippen molar-refractivity contribution in [3.8, 4) is 0 Å². The summed E-state index contributed by atoms with van der Waals surface area (Å²) in [7, 11) is 0. The molecule has 0 saturated carbocycles. The van der Waals surface area contributed by atoms with Gasteiger partial charge in [-0.25, -0.2) is 0 Å². The van der Waals surface area contributed by atoms with Gasteiger partial charge in [-0.1, -0.05) is 60.5 Å². The fourth-order valence-electron chi connectivity index (χ4n) is 1.25. The van der Waals surface area contributed by atoms with Gasteiger partial charge in [0.15, 0.2) is 0 Å². The molecule has 0 aliphatic carbocycles. The predicted octanol–water partition coefficient (Wildman–Crippen LogP) is 5.49. The highest BCUT2D eigenvalue weighted by molar-refractivity contribution is 8.03. The van der Waals surface area contributed by atoms with Gasteiger partial charge in [-0.05, 0) is 17.7 Å². The van der Waals surface area contributed by atoms with Crippen LogP contribution in [0.2, 0.25) is 0 Å². The fourth-order valence-corrected chi connectivity index (χ4v) is 2.44. The van der Waals surface area contributed by atoms with E-state index in [1.54, 1.807) is 0 Å². The first-order valence-electron chi connectivity index (χ1n) is 6.16. The molecule has 0 bridgehead atoms. The van der Waals surface area contributed by atoms with E-state index in [9.17, 15) is 0 Å². The van der Waals surface area contributed by atoms with E-state index >= 15 is 0 Å². The first kappa shape index (κ1) is 16.5. The van der Waals surface area contributed by atoms with Gasteiger partial charge in [0, 0.05) is 5.25 Å². The lowest BCUT2D eigenvalue weighted by atomic mass is 10.0. The number of allylic oxidation sites excluding steroid dienone is 1. The van der Waals surface area contributed by atoms with E-state index in [1.165, 1.54) is 19.3 Å². The average molecular weight is 216 g/mol. The monoisotopic (exact) mass is 216 g/mol. The minimum absolute atomic E-state index is 0.816. The lowest BCUT2D eigenvalue weighted by Gasteiger charge is -2.12. The van der Waals surface area contributed by atoms with Gasteiger partial charge in [-0.3, -0.25) is 0 Å². The van der Waals surface area contributed by atoms with Gasteiger partial charge in [0.2, 0.25) is 0 Å². The molecule has 1 rings (SSSR count). The van der Waals surface area contributed by atoms with Crippen molar-refractivity contribution in [3.05, 3.63) is 11.5 Å². The minimum atomic E-state index is 0.816. The van der Waals surface area contributed by atoms with Crippen LogP contribution in [0.25, 0.3) is 0 Å². The van der Waals surface area contributed by atoms with Crippen LogP contribution in [0.15, 0.2) is 11.5 Å². The molecule has 86 valence electrons. The van der Waals surface area contributed by atoms with Crippen molar-refractivity contribution in [1.82, 2.24) is 0 Å². The van der Waals surface area contributed by atoms with E-state index in [0.717, 1.165) is 11.2 Å². The van der Waals surface area contributed by atoms with Gasteiger partial charge in [-0.2, -0.15) is 0 Å². The third kappa shape index (κ3) is 7.49. The Labute approximate surface area is 95.6 Å². The van der Waals surface area contributed by atoms with Crippen LogP contribution in [-0.2, 0) is 0 Å². The van der Waals surface area contributed by atoms with Crippen molar-refractivity contribution >= 4 is 11.8 Å². The van der Waals surface area contributed by atoms with E-state index in [-0.39, 0.29) is 0 Å². The first-order valence-corrected chi connectivity index (χ1v) is 7.11. The average Bonchev–Trinajstić information content (AvgIpc) is 2.67. The maximum absolute atomic E-state index is 2.32. The Hall–Kier alpha value is 0.0900. The highest BCUT2D eigenvalue weighted by Crippen LogP contribution is 2.32. The van der Waals surface area contributed by atoms with E-state index in [0.29, 0.717) is 0 Å². The minimum Gasteiger partial charge on any atom is -0.130 e. The second kappa shape index (κ2) is 13.1. The molecule has 1 aliphatic heterocycles. The van der Waals surface area contributed by atoms with Crippen LogP contribution in [0.4, 0.5) is 0 Å². The van der Waals surface area contributed by atoms with E-state index in [2.05, 4.69) is 25.3 Å². The molecular weight excluding hydrogens is 188 g/mol. The molecule has 14 heavy (non-hydrogen) atoms. The molecule has 1 heteroatoms. The van der Waals surface area contributed by atoms with E-state index in [4.69, 9.17) is 0 Å². The quantitative estimate of drug-likeness (QED) is 0.601. The fraction of sp³-hybridized carbons (Fsp3) is 0.846. The highest BCUT2D eigenvalue weighted by Gasteiger charge is 2.17. The van der Waals surface area contributed by atoms with Crippen LogP contribution in [0, 0.1) is 5.92 Å². The number of thioether (sulfide) groups is 1. The maximum atomic E-state index is 2.32. The molecule has 1 aliphatic rings. The molecule has 0 amide bonds. The summed E-state index contributed by atoms with van der Waals surface area (Å²) in [6, 6.07) is 0. The number of hydrogen-bond donors (Lipinski definition) is 0. The Morgan fingerprint density at radius 3 is 2.07 bits per heavy atom. The lowest BCUT2D eigenvalue weighted by molar-refractivity contribution is 0.600. The second-order valence-corrected chi connectivity index (χ2v) is 4.15. The Bertz CT molecular complexity index is 118. The molecule has 2 unspecified atom stereocenters. The van der Waals surface area contributed by atoms with Gasteiger partial charge in [-0.15, -0.1) is 11.8 Å². The SMILES string of the molecule is CC.CC.CCCCC1SC=CC1C. The van der Waals surface area contributed by atoms with Crippen LogP contribution < -0.4 is 0 Å². The van der Waals surface area contributed by atoms with Crippen molar-refractivity contribution in [3.63, 3.8) is 0 Å². The number of unbranched alkanes of at least 4 members (excludes halogenated alkanes) is 1. The third-order valence-corrected chi connectivity index (χ3v) is 3.39. The van der Waals surface area contributed by atoms with E-state index < -0.39 is 0 Å². The predicted molar refractivity (Wildman–Crippen MR) is 71.9 cm³/mol. The smallest absolute Gasteiger partial charge is 0.0149 e. The van der Waals surface area contributed by atoms with Crippen LogP contribution in [0.1, 0.15) is 60.8 Å². The zero-order chi connectivity index (χ0) is 11.4. The molecule has 1 heterocycles. The molecular formula is C13H28S. The molecule has 0 N–H and O–H groups in total. The van der Waals surface area contributed by atoms with Crippen molar-refractivity contribution in [2.24, 2.45) is 5.92 Å². The van der Waals surface area contributed by atoms with Gasteiger partial charge in [0.1, 0.15) is 0 Å². The number of hydrogen-bond acceptors (Lipinski definition) is 1. The summed E-state index contributed by atoms with van der Waals surface area (Å²) in [6.07, 6.45) is 6.45. The zero-order valence-corrected chi connectivity index (χ0v) is 11.7. The maximum Gasteiger partial charge on any atom is 0.0149 e. The van der Waals surface area contributed by atoms with Crippen molar-refractivity contribution < 1.29 is 0 Å². The Morgan fingerprint density at radius 1 is 1.14 bits per heavy atom. The zero-order valence-electron chi connectivity index (χ0n) is 10.8. The molecule has 0 nitrogen and oxygen atoms in total. The van der Waals surface area contributed by atoms with Gasteiger partial charge in [0.05, 0.1) is 0 Å². The lowest BCUT2D eigenvalue weighted by Crippen LogP contribution is -2.06. The molecule has 2 atom stereocenters. The summed E-state index contributed by atoms with van der Waals surface area (Å²) < 4.78 is 0. The second-order valence-electron chi connectivity index (χ2n) is 3.00. The summed E-state index contributed by atoms with van der Waals surface area (Å²) in [5, 5.41) is 3.14. The molecule has 0 spiro atoms. The summed E-state index contributed by atoms with van der Waals surface area (Å²) in [6.45, 7) is 12.6. The van der Waals surface area contributed by atoms with Gasteiger partial charge < -0.3 is 0 Å². The third-order valence-electron chi connectivity index (χ3n) is 2.06. The summed E-state index contributed by atoms with van der Waals surface area (Å²) >= 11 is 2.01. The first-order chi connectivity index (χ1) is 6.84. The van der Waals surface area contributed by atoms with Crippen LogP contribution >= 0.6 is 11.8 Å². The molecule has 0 aromatic heterocycles. The molecule has 0 aromatic rings. The Balaban J connectivity index is 0. The standard InChI is InChI=1S/C9H16S.2C2H6/c1-3-4-5-9-8(2)6-7-10-9;2*1-2/h6-9H,3-5H2,1-2H3;2*1-2H3. The van der Waals surface area contributed by atoms with Crippen molar-refractivity contribution in [1.29, 1.82) is 0 Å². The summed E-state index contributed by atoms with van der Waals surface area (Å²) in [4.78, 5) is 0. The van der Waals surface area contributed by atoms with Gasteiger partial charge in [0.25, 0.3) is 0 Å². The van der Waals surface area contributed by atoms with Gasteiger partial charge >= 0.3 is 0 Å².